The average molecular weight is 388 g/mol. The zero-order chi connectivity index (χ0) is 19.9. The van der Waals surface area contributed by atoms with Gasteiger partial charge in [0.1, 0.15) is 0 Å². The maximum atomic E-state index is 12.7. The number of hydrogen-bond acceptors (Lipinski definition) is 4. The summed E-state index contributed by atoms with van der Waals surface area (Å²) in [5.74, 6) is -0.235. The highest BCUT2D eigenvalue weighted by molar-refractivity contribution is 7.92. The molecule has 2 aromatic carbocycles. The third-order valence-electron chi connectivity index (χ3n) is 4.35. The van der Waals surface area contributed by atoms with Crippen molar-refractivity contribution in [2.24, 2.45) is 14.1 Å². The van der Waals surface area contributed by atoms with Gasteiger partial charge < -0.3 is 5.32 Å². The Labute approximate surface area is 156 Å². The normalized spacial score (nSPS) is 11.6. The molecule has 3 rings (SSSR count). The van der Waals surface area contributed by atoms with Crippen molar-refractivity contribution in [1.29, 1.82) is 0 Å². The van der Waals surface area contributed by atoms with E-state index in [4.69, 9.17) is 0 Å². The minimum atomic E-state index is -3.82. The molecule has 0 saturated carbocycles. The van der Waals surface area contributed by atoms with Crippen LogP contribution in [0.2, 0.25) is 0 Å². The van der Waals surface area contributed by atoms with Gasteiger partial charge in [-0.2, -0.15) is 0 Å². The first-order valence-corrected chi connectivity index (χ1v) is 9.65. The first-order chi connectivity index (χ1) is 12.6. The number of nitrogens with one attached hydrogen (secondary N) is 2. The van der Waals surface area contributed by atoms with Crippen molar-refractivity contribution in [3.8, 4) is 0 Å². The van der Waals surface area contributed by atoms with Crippen molar-refractivity contribution >= 4 is 38.3 Å². The number of aryl methyl sites for hydroxylation is 3. The van der Waals surface area contributed by atoms with Gasteiger partial charge in [0.25, 0.3) is 10.0 Å². The van der Waals surface area contributed by atoms with Crippen LogP contribution in [0.1, 0.15) is 12.5 Å². The van der Waals surface area contributed by atoms with Crippen molar-refractivity contribution in [3.63, 3.8) is 0 Å². The van der Waals surface area contributed by atoms with Crippen LogP contribution in [0.15, 0.2) is 46.1 Å². The van der Waals surface area contributed by atoms with E-state index in [0.717, 1.165) is 5.52 Å². The number of hydrogen-bond donors (Lipinski definition) is 2. The number of sulfonamides is 1. The topological polar surface area (TPSA) is 102 Å². The van der Waals surface area contributed by atoms with Crippen LogP contribution in [0.25, 0.3) is 11.0 Å². The van der Waals surface area contributed by atoms with Gasteiger partial charge in [0.05, 0.1) is 21.6 Å². The van der Waals surface area contributed by atoms with Crippen molar-refractivity contribution < 1.29 is 13.2 Å². The van der Waals surface area contributed by atoms with Crippen LogP contribution >= 0.6 is 0 Å². The van der Waals surface area contributed by atoms with E-state index in [2.05, 4.69) is 10.0 Å². The molecule has 0 saturated heterocycles. The second-order valence-electron chi connectivity index (χ2n) is 6.37. The minimum Gasteiger partial charge on any atom is -0.326 e. The highest BCUT2D eigenvalue weighted by atomic mass is 32.2. The zero-order valence-corrected chi connectivity index (χ0v) is 16.2. The van der Waals surface area contributed by atoms with Gasteiger partial charge in [-0.1, -0.05) is 0 Å². The Balaban J connectivity index is 1.98. The lowest BCUT2D eigenvalue weighted by molar-refractivity contribution is -0.114. The molecule has 8 nitrogen and oxygen atoms in total. The van der Waals surface area contributed by atoms with Gasteiger partial charge in [-0.25, -0.2) is 13.2 Å². The standard InChI is InChI=1S/C18H20N4O4S/c1-11-9-16-17(22(4)18(24)21(16)3)10-15(11)20-27(25,26)14-7-5-13(6-8-14)19-12(2)23/h5-10,20H,1-4H3,(H,19,23). The lowest BCUT2D eigenvalue weighted by Gasteiger charge is -2.12. The van der Waals surface area contributed by atoms with Crippen LogP contribution in [-0.4, -0.2) is 23.5 Å². The summed E-state index contributed by atoms with van der Waals surface area (Å²) in [4.78, 5) is 23.2. The molecule has 2 N–H and O–H groups in total. The highest BCUT2D eigenvalue weighted by Gasteiger charge is 2.17. The lowest BCUT2D eigenvalue weighted by atomic mass is 10.2. The molecule has 0 radical (unpaired) electrons. The van der Waals surface area contributed by atoms with Crippen molar-refractivity contribution in [2.45, 2.75) is 18.7 Å². The largest absolute Gasteiger partial charge is 0.328 e. The molecule has 9 heteroatoms. The third kappa shape index (κ3) is 3.45. The molecule has 0 fully saturated rings. The summed E-state index contributed by atoms with van der Waals surface area (Å²) >= 11 is 0. The molecule has 0 aliphatic carbocycles. The van der Waals surface area contributed by atoms with E-state index < -0.39 is 10.0 Å². The van der Waals surface area contributed by atoms with Crippen molar-refractivity contribution in [1.82, 2.24) is 9.13 Å². The SMILES string of the molecule is CC(=O)Nc1ccc(S(=O)(=O)Nc2cc3c(cc2C)n(C)c(=O)n3C)cc1. The first kappa shape index (κ1) is 18.7. The second-order valence-corrected chi connectivity index (χ2v) is 8.05. The third-order valence-corrected chi connectivity index (χ3v) is 5.73. The summed E-state index contributed by atoms with van der Waals surface area (Å²) in [7, 11) is -0.514. The number of nitrogens with zero attached hydrogens (tertiary/aromatic N) is 2. The molecule has 1 heterocycles. The Bertz CT molecular complexity index is 1200. The Morgan fingerprint density at radius 1 is 1.00 bits per heavy atom. The molecular weight excluding hydrogens is 368 g/mol. The molecule has 0 unspecified atom stereocenters. The molecule has 27 heavy (non-hydrogen) atoms. The van der Waals surface area contributed by atoms with Crippen molar-refractivity contribution in [3.05, 3.63) is 52.4 Å². The van der Waals surface area contributed by atoms with Gasteiger partial charge in [-0.05, 0) is 48.9 Å². The lowest BCUT2D eigenvalue weighted by Crippen LogP contribution is -2.19. The predicted molar refractivity (Wildman–Crippen MR) is 104 cm³/mol. The monoisotopic (exact) mass is 388 g/mol. The van der Waals surface area contributed by atoms with Crippen molar-refractivity contribution in [2.75, 3.05) is 10.0 Å². The molecule has 142 valence electrons. The Morgan fingerprint density at radius 2 is 1.56 bits per heavy atom. The van der Waals surface area contributed by atoms with Gasteiger partial charge in [-0.3, -0.25) is 18.7 Å². The molecule has 3 aromatic rings. The predicted octanol–water partition coefficient (Wildman–Crippen LogP) is 1.94. The van der Waals surface area contributed by atoms with E-state index in [1.54, 1.807) is 33.2 Å². The number of carbonyl (C=O) groups excluding carboxylic acids is 1. The molecule has 0 bridgehead atoms. The van der Waals surface area contributed by atoms with E-state index in [0.29, 0.717) is 22.5 Å². The van der Waals surface area contributed by atoms with Gasteiger partial charge in [-0.15, -0.1) is 0 Å². The Kier molecular flexibility index (Phi) is 4.56. The van der Waals surface area contributed by atoms with E-state index in [1.807, 2.05) is 0 Å². The second kappa shape index (κ2) is 6.58. The Hall–Kier alpha value is -3.07. The maximum absolute atomic E-state index is 12.7. The summed E-state index contributed by atoms with van der Waals surface area (Å²) in [6.07, 6.45) is 0. The molecular formula is C18H20N4O4S. The summed E-state index contributed by atoms with van der Waals surface area (Å²) in [6.45, 7) is 3.15. The number of anilines is 2. The number of rotatable bonds is 4. The number of aromatic nitrogens is 2. The minimum absolute atomic E-state index is 0.0676. The fraction of sp³-hybridized carbons (Fsp3) is 0.222. The molecule has 1 amide bonds. The number of imidazole rings is 1. The fourth-order valence-electron chi connectivity index (χ4n) is 2.88. The van der Waals surface area contributed by atoms with Gasteiger partial charge >= 0.3 is 5.69 Å². The van der Waals surface area contributed by atoms with Crippen LogP contribution in [0.5, 0.6) is 0 Å². The van der Waals surface area contributed by atoms with Crippen LogP contribution in [0, 0.1) is 6.92 Å². The number of amides is 1. The summed E-state index contributed by atoms with van der Waals surface area (Å²) in [5.41, 5.74) is 2.78. The summed E-state index contributed by atoms with van der Waals surface area (Å²) in [6, 6.07) is 9.29. The molecule has 0 aliphatic rings. The first-order valence-electron chi connectivity index (χ1n) is 8.16. The van der Waals surface area contributed by atoms with Crippen LogP contribution in [-0.2, 0) is 28.9 Å². The zero-order valence-electron chi connectivity index (χ0n) is 15.4. The average Bonchev–Trinajstić information content (AvgIpc) is 2.79. The van der Waals surface area contributed by atoms with Gasteiger partial charge in [0.2, 0.25) is 5.91 Å². The van der Waals surface area contributed by atoms with Crippen LogP contribution in [0.3, 0.4) is 0 Å². The quantitative estimate of drug-likeness (QED) is 0.713. The van der Waals surface area contributed by atoms with Gasteiger partial charge in [0, 0.05) is 26.7 Å². The fourth-order valence-corrected chi connectivity index (χ4v) is 4.01. The van der Waals surface area contributed by atoms with Gasteiger partial charge in [0.15, 0.2) is 0 Å². The van der Waals surface area contributed by atoms with E-state index in [1.165, 1.54) is 40.3 Å². The van der Waals surface area contributed by atoms with Crippen LogP contribution < -0.4 is 15.7 Å². The molecule has 0 spiro atoms. The van der Waals surface area contributed by atoms with E-state index in [-0.39, 0.29) is 16.5 Å². The number of fused-ring (bicyclic) bond motifs is 1. The molecule has 0 atom stereocenters. The van der Waals surface area contributed by atoms with E-state index in [9.17, 15) is 18.0 Å². The van der Waals surface area contributed by atoms with Crippen LogP contribution in [0.4, 0.5) is 11.4 Å². The highest BCUT2D eigenvalue weighted by Crippen LogP contribution is 2.25. The smallest absolute Gasteiger partial charge is 0.326 e. The summed E-state index contributed by atoms with van der Waals surface area (Å²) < 4.78 is 31.0. The maximum Gasteiger partial charge on any atom is 0.328 e. The number of benzene rings is 2. The summed E-state index contributed by atoms with van der Waals surface area (Å²) in [5, 5.41) is 2.59. The molecule has 0 aliphatic heterocycles. The van der Waals surface area contributed by atoms with E-state index >= 15 is 0 Å². The number of carbonyl (C=O) groups is 1. The Morgan fingerprint density at radius 3 is 2.11 bits per heavy atom. The molecule has 1 aromatic heterocycles.